The van der Waals surface area contributed by atoms with Crippen LogP contribution in [-0.2, 0) is 10.0 Å². The highest BCUT2D eigenvalue weighted by Gasteiger charge is 2.17. The first-order chi connectivity index (χ1) is 13.3. The van der Waals surface area contributed by atoms with E-state index in [1.807, 2.05) is 6.92 Å². The number of hydrogen-bond donors (Lipinski definition) is 3. The maximum absolute atomic E-state index is 12.6. The smallest absolute Gasteiger partial charge is 0.305 e. The van der Waals surface area contributed by atoms with Crippen LogP contribution in [0.2, 0.25) is 0 Å². The van der Waals surface area contributed by atoms with Gasteiger partial charge < -0.3 is 4.42 Å². The number of aryl methyl sites for hydroxylation is 1. The van der Waals surface area contributed by atoms with Crippen molar-refractivity contribution in [1.82, 2.24) is 10.9 Å². The van der Waals surface area contributed by atoms with Crippen molar-refractivity contribution in [1.29, 1.82) is 0 Å². The Morgan fingerprint density at radius 1 is 0.893 bits per heavy atom. The Bertz CT molecular complexity index is 1090. The average Bonchev–Trinajstić information content (AvgIpc) is 3.22. The zero-order chi connectivity index (χ0) is 20.1. The van der Waals surface area contributed by atoms with E-state index in [1.54, 1.807) is 24.3 Å². The van der Waals surface area contributed by atoms with Gasteiger partial charge in [0, 0.05) is 11.3 Å². The van der Waals surface area contributed by atoms with Gasteiger partial charge in [-0.15, -0.1) is 0 Å². The molecule has 0 saturated heterocycles. The van der Waals surface area contributed by atoms with Gasteiger partial charge in [-0.25, -0.2) is 8.42 Å². The summed E-state index contributed by atoms with van der Waals surface area (Å²) < 4.78 is 32.5. The Kier molecular flexibility index (Phi) is 5.46. The van der Waals surface area contributed by atoms with Crippen molar-refractivity contribution in [3.05, 3.63) is 83.8 Å². The number of furan rings is 1. The number of anilines is 1. The second kappa shape index (κ2) is 7.97. The Labute approximate surface area is 161 Å². The molecule has 0 radical (unpaired) electrons. The number of amides is 2. The van der Waals surface area contributed by atoms with Crippen LogP contribution in [0.4, 0.5) is 5.69 Å². The number of hydrazine groups is 1. The van der Waals surface area contributed by atoms with Gasteiger partial charge in [-0.3, -0.25) is 25.2 Å². The molecule has 2 amide bonds. The zero-order valence-electron chi connectivity index (χ0n) is 14.8. The zero-order valence-corrected chi connectivity index (χ0v) is 15.6. The molecule has 9 heteroatoms. The Morgan fingerprint density at radius 2 is 1.61 bits per heavy atom. The summed E-state index contributed by atoms with van der Waals surface area (Å²) in [7, 11) is -3.88. The number of carbonyl (C=O) groups excluding carboxylic acids is 2. The quantitative estimate of drug-likeness (QED) is 0.570. The Balaban J connectivity index is 1.71. The van der Waals surface area contributed by atoms with Gasteiger partial charge in [-0.2, -0.15) is 0 Å². The molecule has 0 atom stereocenters. The molecule has 0 aliphatic heterocycles. The molecule has 3 rings (SSSR count). The minimum absolute atomic E-state index is 0.0268. The minimum Gasteiger partial charge on any atom is -0.459 e. The van der Waals surface area contributed by atoms with E-state index in [0.717, 1.165) is 5.56 Å². The molecule has 0 aliphatic carbocycles. The molecule has 0 bridgehead atoms. The fourth-order valence-corrected chi connectivity index (χ4v) is 3.40. The molecule has 0 unspecified atom stereocenters. The summed E-state index contributed by atoms with van der Waals surface area (Å²) in [6, 6.07) is 15.3. The molecule has 2 aromatic carbocycles. The van der Waals surface area contributed by atoms with Crippen LogP contribution in [0.15, 0.2) is 76.2 Å². The molecule has 0 fully saturated rings. The molecule has 3 N–H and O–H groups in total. The molecule has 3 aromatic rings. The Hall–Kier alpha value is -3.59. The third-order valence-corrected chi connectivity index (χ3v) is 5.12. The summed E-state index contributed by atoms with van der Waals surface area (Å²) >= 11 is 0. The van der Waals surface area contributed by atoms with Crippen molar-refractivity contribution in [3.8, 4) is 0 Å². The van der Waals surface area contributed by atoms with Gasteiger partial charge in [0.15, 0.2) is 5.76 Å². The van der Waals surface area contributed by atoms with Crippen LogP contribution >= 0.6 is 0 Å². The Morgan fingerprint density at radius 3 is 2.29 bits per heavy atom. The summed E-state index contributed by atoms with van der Waals surface area (Å²) in [6.07, 6.45) is 1.33. The van der Waals surface area contributed by atoms with E-state index in [4.69, 9.17) is 4.42 Å². The molecule has 0 saturated carbocycles. The van der Waals surface area contributed by atoms with Crippen molar-refractivity contribution in [2.75, 3.05) is 4.72 Å². The van der Waals surface area contributed by atoms with Gasteiger partial charge in [0.25, 0.3) is 15.9 Å². The van der Waals surface area contributed by atoms with Crippen molar-refractivity contribution in [2.45, 2.75) is 11.8 Å². The topological polar surface area (TPSA) is 118 Å². The molecular formula is C19H17N3O5S. The van der Waals surface area contributed by atoms with E-state index in [-0.39, 0.29) is 16.2 Å². The molecule has 0 aliphatic rings. The standard InChI is InChI=1S/C19H17N3O5S/c1-13-7-9-15(10-8-13)22-28(25,26)16-5-2-4-14(12-16)18(23)20-21-19(24)17-6-3-11-27-17/h2-12,22H,1H3,(H,20,23)(H,21,24). The second-order valence-electron chi connectivity index (χ2n) is 5.88. The predicted molar refractivity (Wildman–Crippen MR) is 102 cm³/mol. The highest BCUT2D eigenvalue weighted by atomic mass is 32.2. The summed E-state index contributed by atoms with van der Waals surface area (Å²) in [6.45, 7) is 1.89. The normalized spacial score (nSPS) is 10.9. The first-order valence-corrected chi connectivity index (χ1v) is 9.67. The molecule has 1 aromatic heterocycles. The van der Waals surface area contributed by atoms with Crippen molar-refractivity contribution >= 4 is 27.5 Å². The lowest BCUT2D eigenvalue weighted by molar-refractivity contribution is 0.0831. The number of nitrogens with one attached hydrogen (secondary N) is 3. The summed E-state index contributed by atoms with van der Waals surface area (Å²) in [4.78, 5) is 23.9. The summed E-state index contributed by atoms with van der Waals surface area (Å²) in [5.41, 5.74) is 5.87. The first-order valence-electron chi connectivity index (χ1n) is 8.19. The van der Waals surface area contributed by atoms with Crippen LogP contribution in [0.1, 0.15) is 26.5 Å². The van der Waals surface area contributed by atoms with Gasteiger partial charge in [0.2, 0.25) is 0 Å². The van der Waals surface area contributed by atoms with E-state index in [0.29, 0.717) is 5.69 Å². The van der Waals surface area contributed by atoms with Crippen molar-refractivity contribution in [2.24, 2.45) is 0 Å². The third kappa shape index (κ3) is 4.57. The van der Waals surface area contributed by atoms with E-state index < -0.39 is 21.8 Å². The fraction of sp³-hybridized carbons (Fsp3) is 0.0526. The number of sulfonamides is 1. The maximum Gasteiger partial charge on any atom is 0.305 e. The van der Waals surface area contributed by atoms with Gasteiger partial charge >= 0.3 is 5.91 Å². The first kappa shape index (κ1) is 19.2. The van der Waals surface area contributed by atoms with E-state index in [2.05, 4.69) is 15.6 Å². The third-order valence-electron chi connectivity index (χ3n) is 3.74. The molecule has 1 heterocycles. The van der Waals surface area contributed by atoms with Gasteiger partial charge in [0.05, 0.1) is 11.2 Å². The maximum atomic E-state index is 12.6. The summed E-state index contributed by atoms with van der Waals surface area (Å²) in [5, 5.41) is 0. The molecule has 0 spiro atoms. The highest BCUT2D eigenvalue weighted by molar-refractivity contribution is 7.92. The van der Waals surface area contributed by atoms with Crippen LogP contribution in [0.25, 0.3) is 0 Å². The average molecular weight is 399 g/mol. The van der Waals surface area contributed by atoms with Crippen LogP contribution < -0.4 is 15.6 Å². The van der Waals surface area contributed by atoms with E-state index in [9.17, 15) is 18.0 Å². The molecule has 8 nitrogen and oxygen atoms in total. The highest BCUT2D eigenvalue weighted by Crippen LogP contribution is 2.17. The van der Waals surface area contributed by atoms with E-state index >= 15 is 0 Å². The monoisotopic (exact) mass is 399 g/mol. The van der Waals surface area contributed by atoms with Gasteiger partial charge in [-0.05, 0) is 49.4 Å². The number of rotatable bonds is 5. The number of carbonyl (C=O) groups is 2. The minimum atomic E-state index is -3.88. The van der Waals surface area contributed by atoms with Gasteiger partial charge in [-0.1, -0.05) is 23.8 Å². The molecule has 144 valence electrons. The van der Waals surface area contributed by atoms with E-state index in [1.165, 1.54) is 42.7 Å². The second-order valence-corrected chi connectivity index (χ2v) is 7.57. The fourth-order valence-electron chi connectivity index (χ4n) is 2.30. The van der Waals surface area contributed by atoms with Crippen LogP contribution in [0.5, 0.6) is 0 Å². The predicted octanol–water partition coefficient (Wildman–Crippen LogP) is 2.46. The molecule has 28 heavy (non-hydrogen) atoms. The van der Waals surface area contributed by atoms with Crippen LogP contribution in [0.3, 0.4) is 0 Å². The van der Waals surface area contributed by atoms with Crippen LogP contribution in [0, 0.1) is 6.92 Å². The largest absolute Gasteiger partial charge is 0.459 e. The lowest BCUT2D eigenvalue weighted by Gasteiger charge is -2.10. The number of hydrogen-bond acceptors (Lipinski definition) is 5. The van der Waals surface area contributed by atoms with Gasteiger partial charge in [0.1, 0.15) is 0 Å². The number of benzene rings is 2. The lowest BCUT2D eigenvalue weighted by Crippen LogP contribution is -2.41. The summed E-state index contributed by atoms with van der Waals surface area (Å²) in [5.74, 6) is -1.28. The van der Waals surface area contributed by atoms with Crippen molar-refractivity contribution in [3.63, 3.8) is 0 Å². The SMILES string of the molecule is Cc1ccc(NS(=O)(=O)c2cccc(C(=O)NNC(=O)c3ccco3)c2)cc1. The van der Waals surface area contributed by atoms with Crippen LogP contribution in [-0.4, -0.2) is 20.2 Å². The molecular weight excluding hydrogens is 382 g/mol. The van der Waals surface area contributed by atoms with Crippen molar-refractivity contribution < 1.29 is 22.4 Å². The lowest BCUT2D eigenvalue weighted by atomic mass is 10.2.